The van der Waals surface area contributed by atoms with Gasteiger partial charge in [-0.25, -0.2) is 15.0 Å². The second-order valence-corrected chi connectivity index (χ2v) is 5.77. The fourth-order valence-corrected chi connectivity index (χ4v) is 2.75. The number of nitrogens with two attached hydrogens (primary N) is 1. The fourth-order valence-electron chi connectivity index (χ4n) is 2.75. The second kappa shape index (κ2) is 7.27. The van der Waals surface area contributed by atoms with E-state index in [-0.39, 0.29) is 12.3 Å². The van der Waals surface area contributed by atoms with Crippen LogP contribution in [0.5, 0.6) is 0 Å². The first-order chi connectivity index (χ1) is 12.0. The molecule has 0 unspecified atom stereocenters. The molecular weight excluding hydrogens is 332 g/mol. The molecule has 0 radical (unpaired) electrons. The number of amides is 1. The highest BCUT2D eigenvalue weighted by molar-refractivity contribution is 5.82. The van der Waals surface area contributed by atoms with E-state index in [1.54, 1.807) is 0 Å². The number of ether oxygens (including phenoxy) is 1. The number of hydrogen-bond acceptors (Lipinski definition) is 9. The Labute approximate surface area is 142 Å². The standard InChI is InChI=1S/C14H20N6O5/c15-8(22)2-1-3-16-12-9-13(18-5-17-12)20(6-19-9)14-11(24)10(23)7(4-21)25-14/h5-7,10-11,14,21,23-24H,1-4H2,(H2,15,22)(H,16,17,18)/t7-,10-,11-,14-/m1/s1. The van der Waals surface area contributed by atoms with Gasteiger partial charge >= 0.3 is 0 Å². The van der Waals surface area contributed by atoms with Gasteiger partial charge in [0.15, 0.2) is 23.2 Å². The molecule has 4 atom stereocenters. The molecule has 1 aliphatic rings. The summed E-state index contributed by atoms with van der Waals surface area (Å²) in [4.78, 5) is 23.3. The third kappa shape index (κ3) is 3.39. The van der Waals surface area contributed by atoms with Gasteiger partial charge in [-0.3, -0.25) is 9.36 Å². The molecule has 1 aliphatic heterocycles. The SMILES string of the molecule is NC(=O)CCCNc1ncnc2c1ncn2[C@@H]1O[C@H](CO)[C@@H](O)[C@H]1O. The van der Waals surface area contributed by atoms with E-state index < -0.39 is 31.1 Å². The van der Waals surface area contributed by atoms with Gasteiger partial charge in [0.05, 0.1) is 12.9 Å². The number of rotatable bonds is 7. The Kier molecular flexibility index (Phi) is 5.08. The van der Waals surface area contributed by atoms with E-state index in [1.165, 1.54) is 17.2 Å². The van der Waals surface area contributed by atoms with Gasteiger partial charge in [0.25, 0.3) is 0 Å². The molecule has 136 valence electrons. The zero-order valence-corrected chi connectivity index (χ0v) is 13.3. The van der Waals surface area contributed by atoms with E-state index in [4.69, 9.17) is 10.5 Å². The molecule has 0 saturated carbocycles. The maximum Gasteiger partial charge on any atom is 0.217 e. The predicted molar refractivity (Wildman–Crippen MR) is 85.3 cm³/mol. The summed E-state index contributed by atoms with van der Waals surface area (Å²) < 4.78 is 6.97. The minimum atomic E-state index is -1.23. The number of aliphatic hydroxyl groups is 3. The smallest absolute Gasteiger partial charge is 0.217 e. The Morgan fingerprint density at radius 1 is 1.32 bits per heavy atom. The van der Waals surface area contributed by atoms with Crippen molar-refractivity contribution in [2.24, 2.45) is 5.73 Å². The first kappa shape index (κ1) is 17.5. The highest BCUT2D eigenvalue weighted by atomic mass is 16.6. The number of carbonyl (C=O) groups excluding carboxylic acids is 1. The number of hydrogen-bond donors (Lipinski definition) is 5. The predicted octanol–water partition coefficient (Wildman–Crippen LogP) is -1.88. The maximum absolute atomic E-state index is 10.8. The minimum Gasteiger partial charge on any atom is -0.394 e. The van der Waals surface area contributed by atoms with Crippen LogP contribution in [0.25, 0.3) is 11.2 Å². The Morgan fingerprint density at radius 3 is 2.80 bits per heavy atom. The van der Waals surface area contributed by atoms with Gasteiger partial charge in [0, 0.05) is 13.0 Å². The number of primary amides is 1. The van der Waals surface area contributed by atoms with Gasteiger partial charge in [-0.1, -0.05) is 0 Å². The van der Waals surface area contributed by atoms with Crippen LogP contribution >= 0.6 is 0 Å². The molecule has 11 heteroatoms. The average Bonchev–Trinajstić information content (AvgIpc) is 3.14. The number of fused-ring (bicyclic) bond motifs is 1. The minimum absolute atomic E-state index is 0.262. The van der Waals surface area contributed by atoms with Crippen molar-refractivity contribution in [3.8, 4) is 0 Å². The van der Waals surface area contributed by atoms with E-state index >= 15 is 0 Å². The van der Waals surface area contributed by atoms with Gasteiger partial charge in [0.2, 0.25) is 5.91 Å². The Hall–Kier alpha value is -2.34. The quantitative estimate of drug-likeness (QED) is 0.358. The molecule has 3 heterocycles. The first-order valence-corrected chi connectivity index (χ1v) is 7.85. The third-order valence-corrected chi connectivity index (χ3v) is 4.04. The van der Waals surface area contributed by atoms with Crippen LogP contribution in [0.4, 0.5) is 5.82 Å². The van der Waals surface area contributed by atoms with Gasteiger partial charge < -0.3 is 31.1 Å². The van der Waals surface area contributed by atoms with Crippen LogP contribution in [0, 0.1) is 0 Å². The number of nitrogens with zero attached hydrogens (tertiary/aromatic N) is 4. The van der Waals surface area contributed by atoms with Crippen molar-refractivity contribution in [1.29, 1.82) is 0 Å². The molecular formula is C14H20N6O5. The van der Waals surface area contributed by atoms with Crippen molar-refractivity contribution in [3.05, 3.63) is 12.7 Å². The zero-order valence-electron chi connectivity index (χ0n) is 13.3. The van der Waals surface area contributed by atoms with E-state index in [0.29, 0.717) is 29.9 Å². The molecule has 1 amide bonds. The molecule has 0 spiro atoms. The van der Waals surface area contributed by atoms with Gasteiger partial charge in [-0.15, -0.1) is 0 Å². The third-order valence-electron chi connectivity index (χ3n) is 4.04. The Bertz CT molecular complexity index is 752. The number of anilines is 1. The lowest BCUT2D eigenvalue weighted by Crippen LogP contribution is -2.33. The van der Waals surface area contributed by atoms with Crippen molar-refractivity contribution in [3.63, 3.8) is 0 Å². The molecule has 11 nitrogen and oxygen atoms in total. The Morgan fingerprint density at radius 2 is 2.12 bits per heavy atom. The van der Waals surface area contributed by atoms with Crippen LogP contribution in [-0.2, 0) is 9.53 Å². The van der Waals surface area contributed by atoms with Crippen molar-refractivity contribution in [2.45, 2.75) is 37.4 Å². The second-order valence-electron chi connectivity index (χ2n) is 5.77. The fraction of sp³-hybridized carbons (Fsp3) is 0.571. The molecule has 0 bridgehead atoms. The summed E-state index contributed by atoms with van der Waals surface area (Å²) in [6.45, 7) is 0.0682. The van der Waals surface area contributed by atoms with Gasteiger partial charge in [-0.2, -0.15) is 0 Å². The van der Waals surface area contributed by atoms with E-state index in [2.05, 4.69) is 20.3 Å². The molecule has 2 aromatic heterocycles. The molecule has 3 rings (SSSR count). The average molecular weight is 352 g/mol. The summed E-state index contributed by atoms with van der Waals surface area (Å²) in [5.41, 5.74) is 5.96. The van der Waals surface area contributed by atoms with Gasteiger partial charge in [-0.05, 0) is 6.42 Å². The van der Waals surface area contributed by atoms with Crippen molar-refractivity contribution >= 4 is 22.9 Å². The van der Waals surface area contributed by atoms with Crippen LogP contribution in [-0.4, -0.2) is 72.2 Å². The van der Waals surface area contributed by atoms with E-state index in [1.807, 2.05) is 0 Å². The summed E-state index contributed by atoms with van der Waals surface area (Å²) >= 11 is 0. The van der Waals surface area contributed by atoms with E-state index in [9.17, 15) is 20.1 Å². The maximum atomic E-state index is 10.8. The number of nitrogens with one attached hydrogen (secondary N) is 1. The summed E-state index contributed by atoms with van der Waals surface area (Å²) in [7, 11) is 0. The lowest BCUT2D eigenvalue weighted by molar-refractivity contribution is -0.118. The largest absolute Gasteiger partial charge is 0.394 e. The number of imidazole rings is 1. The Balaban J connectivity index is 1.80. The molecule has 0 aliphatic carbocycles. The van der Waals surface area contributed by atoms with Crippen molar-refractivity contribution in [1.82, 2.24) is 19.5 Å². The summed E-state index contributed by atoms with van der Waals surface area (Å²) in [5, 5.41) is 32.3. The molecule has 25 heavy (non-hydrogen) atoms. The van der Waals surface area contributed by atoms with Crippen LogP contribution in [0.15, 0.2) is 12.7 Å². The summed E-state index contributed by atoms with van der Waals surface area (Å²) in [5.74, 6) is 0.100. The highest BCUT2D eigenvalue weighted by Gasteiger charge is 2.44. The van der Waals surface area contributed by atoms with Gasteiger partial charge in [0.1, 0.15) is 24.6 Å². The molecule has 1 saturated heterocycles. The van der Waals surface area contributed by atoms with Crippen LogP contribution < -0.4 is 11.1 Å². The molecule has 2 aromatic rings. The number of aromatic nitrogens is 4. The lowest BCUT2D eigenvalue weighted by Gasteiger charge is -2.16. The lowest BCUT2D eigenvalue weighted by atomic mass is 10.1. The first-order valence-electron chi connectivity index (χ1n) is 7.85. The topological polar surface area (TPSA) is 169 Å². The summed E-state index contributed by atoms with van der Waals surface area (Å²) in [6, 6.07) is 0. The molecule has 0 aromatic carbocycles. The van der Waals surface area contributed by atoms with Crippen molar-refractivity contribution in [2.75, 3.05) is 18.5 Å². The van der Waals surface area contributed by atoms with Crippen LogP contribution in [0.2, 0.25) is 0 Å². The van der Waals surface area contributed by atoms with E-state index in [0.717, 1.165) is 0 Å². The highest BCUT2D eigenvalue weighted by Crippen LogP contribution is 2.31. The zero-order chi connectivity index (χ0) is 18.0. The number of carbonyl (C=O) groups is 1. The van der Waals surface area contributed by atoms with Crippen molar-refractivity contribution < 1.29 is 24.9 Å². The number of aliphatic hydroxyl groups excluding tert-OH is 3. The normalized spacial score (nSPS) is 26.2. The van der Waals surface area contributed by atoms with Crippen LogP contribution in [0.1, 0.15) is 19.1 Å². The molecule has 6 N–H and O–H groups in total. The molecule has 1 fully saturated rings. The van der Waals surface area contributed by atoms with Crippen LogP contribution in [0.3, 0.4) is 0 Å². The monoisotopic (exact) mass is 352 g/mol. The summed E-state index contributed by atoms with van der Waals surface area (Å²) in [6.07, 6.45) is -0.668.